The fourth-order valence-corrected chi connectivity index (χ4v) is 0.779. The van der Waals surface area contributed by atoms with Gasteiger partial charge in [-0.1, -0.05) is 5.16 Å². The predicted octanol–water partition coefficient (Wildman–Crippen LogP) is 0.403. The number of anilines is 1. The minimum absolute atomic E-state index is 0.165. The Bertz CT molecular complexity index is 369. The number of nitrogens with zero attached hydrogens (tertiary/aromatic N) is 1. The molecule has 6 nitrogen and oxygen atoms in total. The van der Waals surface area contributed by atoms with Gasteiger partial charge in [-0.2, -0.15) is 0 Å². The first-order valence-corrected chi connectivity index (χ1v) is 3.88. The summed E-state index contributed by atoms with van der Waals surface area (Å²) in [5.74, 6) is -1.69. The average molecular weight is 198 g/mol. The lowest BCUT2D eigenvalue weighted by atomic mass is 10.3. The van der Waals surface area contributed by atoms with Crippen molar-refractivity contribution in [1.29, 1.82) is 0 Å². The van der Waals surface area contributed by atoms with Gasteiger partial charge in [0, 0.05) is 5.56 Å². The number of carbonyl (C=O) groups excluding carboxylic acids is 2. The second kappa shape index (κ2) is 3.91. The third-order valence-corrected chi connectivity index (χ3v) is 1.76. The van der Waals surface area contributed by atoms with E-state index in [9.17, 15) is 9.59 Å². The van der Waals surface area contributed by atoms with E-state index in [1.807, 2.05) is 0 Å². The van der Waals surface area contributed by atoms with Gasteiger partial charge in [-0.25, -0.2) is 4.79 Å². The molecule has 0 bridgehead atoms. The molecule has 0 aromatic carbocycles. The fraction of sp³-hybridized carbons (Fsp3) is 0.375. The fourth-order valence-electron chi connectivity index (χ4n) is 0.779. The molecule has 0 unspecified atom stereocenters. The molecule has 0 spiro atoms. The van der Waals surface area contributed by atoms with Crippen molar-refractivity contribution in [2.45, 2.75) is 13.8 Å². The van der Waals surface area contributed by atoms with Crippen LogP contribution in [-0.4, -0.2) is 24.1 Å². The summed E-state index contributed by atoms with van der Waals surface area (Å²) in [6.07, 6.45) is 0. The molecule has 0 radical (unpaired) electrons. The second-order valence-electron chi connectivity index (χ2n) is 2.67. The molecule has 1 aromatic rings. The lowest BCUT2D eigenvalue weighted by molar-refractivity contribution is -0.150. The van der Waals surface area contributed by atoms with E-state index in [4.69, 9.17) is 4.52 Å². The van der Waals surface area contributed by atoms with Gasteiger partial charge in [-0.3, -0.25) is 10.1 Å². The topological polar surface area (TPSA) is 81.4 Å². The first-order chi connectivity index (χ1) is 6.56. The van der Waals surface area contributed by atoms with Gasteiger partial charge in [-0.05, 0) is 13.8 Å². The van der Waals surface area contributed by atoms with Crippen LogP contribution >= 0.6 is 0 Å². The summed E-state index contributed by atoms with van der Waals surface area (Å²) in [4.78, 5) is 21.8. The van der Waals surface area contributed by atoms with Gasteiger partial charge < -0.3 is 9.26 Å². The molecule has 0 fully saturated rings. The molecule has 0 aliphatic rings. The molecular formula is C8H10N2O4. The van der Waals surface area contributed by atoms with Crippen molar-refractivity contribution in [2.75, 3.05) is 12.4 Å². The maximum absolute atomic E-state index is 11.0. The minimum Gasteiger partial charge on any atom is -0.462 e. The molecule has 1 amide bonds. The Labute approximate surface area is 80.2 Å². The quantitative estimate of drug-likeness (QED) is 0.521. The zero-order valence-corrected chi connectivity index (χ0v) is 8.08. The van der Waals surface area contributed by atoms with Crippen molar-refractivity contribution >= 4 is 17.8 Å². The summed E-state index contributed by atoms with van der Waals surface area (Å²) in [6, 6.07) is 0. The Kier molecular flexibility index (Phi) is 2.85. The Morgan fingerprint density at radius 1 is 1.43 bits per heavy atom. The van der Waals surface area contributed by atoms with Crippen LogP contribution in [0.2, 0.25) is 0 Å². The smallest absolute Gasteiger partial charge is 0.396 e. The maximum Gasteiger partial charge on any atom is 0.396 e. The van der Waals surface area contributed by atoms with Crippen LogP contribution in [0.1, 0.15) is 11.3 Å². The molecule has 6 heteroatoms. The molecule has 1 N–H and O–H groups in total. The van der Waals surface area contributed by atoms with Gasteiger partial charge in [-0.15, -0.1) is 0 Å². The Morgan fingerprint density at radius 3 is 2.50 bits per heavy atom. The van der Waals surface area contributed by atoms with Gasteiger partial charge in [0.05, 0.1) is 12.8 Å². The van der Waals surface area contributed by atoms with Crippen LogP contribution < -0.4 is 5.32 Å². The average Bonchev–Trinajstić information content (AvgIpc) is 2.48. The number of amides is 1. The van der Waals surface area contributed by atoms with Crippen LogP contribution in [-0.2, 0) is 14.3 Å². The van der Waals surface area contributed by atoms with Gasteiger partial charge in [0.15, 0.2) is 0 Å². The van der Waals surface area contributed by atoms with Crippen LogP contribution in [0, 0.1) is 13.8 Å². The highest BCUT2D eigenvalue weighted by Gasteiger charge is 2.18. The summed E-state index contributed by atoms with van der Waals surface area (Å²) in [5.41, 5.74) is 1.34. The van der Waals surface area contributed by atoms with E-state index in [0.29, 0.717) is 11.3 Å². The number of hydrogen-bond acceptors (Lipinski definition) is 5. The lowest BCUT2D eigenvalue weighted by Gasteiger charge is -1.99. The zero-order chi connectivity index (χ0) is 10.7. The standard InChI is InChI=1S/C8H10N2O4/c1-4-5(2)10-14-7(4)9-6(11)8(12)13-3/h1-3H3,(H,9,11). The van der Waals surface area contributed by atoms with Crippen LogP contribution in [0.25, 0.3) is 0 Å². The van der Waals surface area contributed by atoms with Gasteiger partial charge in [0.1, 0.15) is 0 Å². The summed E-state index contributed by atoms with van der Waals surface area (Å²) in [5, 5.41) is 5.85. The van der Waals surface area contributed by atoms with E-state index >= 15 is 0 Å². The maximum atomic E-state index is 11.0. The van der Waals surface area contributed by atoms with Crippen molar-refractivity contribution in [3.05, 3.63) is 11.3 Å². The van der Waals surface area contributed by atoms with E-state index in [0.717, 1.165) is 7.11 Å². The first-order valence-electron chi connectivity index (χ1n) is 3.88. The largest absolute Gasteiger partial charge is 0.462 e. The lowest BCUT2D eigenvalue weighted by Crippen LogP contribution is -2.23. The number of hydrogen-bond donors (Lipinski definition) is 1. The molecule has 0 aliphatic heterocycles. The minimum atomic E-state index is -0.974. The molecule has 0 atom stereocenters. The molecule has 1 heterocycles. The highest BCUT2D eigenvalue weighted by molar-refractivity contribution is 6.37. The highest BCUT2D eigenvalue weighted by atomic mass is 16.5. The number of methoxy groups -OCH3 is 1. The van der Waals surface area contributed by atoms with Crippen molar-refractivity contribution < 1.29 is 18.8 Å². The number of esters is 1. The van der Waals surface area contributed by atoms with Crippen LogP contribution in [0.5, 0.6) is 0 Å². The SMILES string of the molecule is COC(=O)C(=O)Nc1onc(C)c1C. The number of aromatic nitrogens is 1. The van der Waals surface area contributed by atoms with Gasteiger partial charge >= 0.3 is 11.9 Å². The van der Waals surface area contributed by atoms with Crippen LogP contribution in [0.4, 0.5) is 5.88 Å². The first kappa shape index (κ1) is 10.2. The predicted molar refractivity (Wildman–Crippen MR) is 46.6 cm³/mol. The summed E-state index contributed by atoms with van der Waals surface area (Å²) in [7, 11) is 1.13. The molecule has 1 rings (SSSR count). The summed E-state index contributed by atoms with van der Waals surface area (Å²) < 4.78 is 8.99. The zero-order valence-electron chi connectivity index (χ0n) is 8.08. The number of aryl methyl sites for hydroxylation is 1. The van der Waals surface area contributed by atoms with Crippen molar-refractivity contribution in [1.82, 2.24) is 5.16 Å². The Balaban J connectivity index is 2.75. The number of nitrogens with one attached hydrogen (secondary N) is 1. The van der Waals surface area contributed by atoms with Crippen LogP contribution in [0.15, 0.2) is 4.52 Å². The number of rotatable bonds is 1. The number of ether oxygens (including phenoxy) is 1. The highest BCUT2D eigenvalue weighted by Crippen LogP contribution is 2.16. The van der Waals surface area contributed by atoms with E-state index < -0.39 is 11.9 Å². The summed E-state index contributed by atoms with van der Waals surface area (Å²) in [6.45, 7) is 3.45. The second-order valence-corrected chi connectivity index (χ2v) is 2.67. The normalized spacial score (nSPS) is 9.64. The molecular weight excluding hydrogens is 188 g/mol. The molecule has 0 aliphatic carbocycles. The molecule has 0 saturated heterocycles. The summed E-state index contributed by atoms with van der Waals surface area (Å²) >= 11 is 0. The Hall–Kier alpha value is -1.85. The van der Waals surface area contributed by atoms with E-state index in [2.05, 4.69) is 15.2 Å². The van der Waals surface area contributed by atoms with Crippen LogP contribution in [0.3, 0.4) is 0 Å². The number of carbonyl (C=O) groups is 2. The van der Waals surface area contributed by atoms with Gasteiger partial charge in [0.2, 0.25) is 5.88 Å². The van der Waals surface area contributed by atoms with E-state index in [1.54, 1.807) is 13.8 Å². The van der Waals surface area contributed by atoms with Crippen molar-refractivity contribution in [3.63, 3.8) is 0 Å². The van der Waals surface area contributed by atoms with E-state index in [-0.39, 0.29) is 5.88 Å². The molecule has 14 heavy (non-hydrogen) atoms. The van der Waals surface area contributed by atoms with Gasteiger partial charge in [0.25, 0.3) is 0 Å². The monoisotopic (exact) mass is 198 g/mol. The van der Waals surface area contributed by atoms with Crippen molar-refractivity contribution in [2.24, 2.45) is 0 Å². The molecule has 1 aromatic heterocycles. The molecule has 0 saturated carbocycles. The van der Waals surface area contributed by atoms with E-state index in [1.165, 1.54) is 0 Å². The third-order valence-electron chi connectivity index (χ3n) is 1.76. The molecule has 76 valence electrons. The Morgan fingerprint density at radius 2 is 2.07 bits per heavy atom. The third kappa shape index (κ3) is 1.90. The van der Waals surface area contributed by atoms with Crippen molar-refractivity contribution in [3.8, 4) is 0 Å².